The number of rotatable bonds is 5. The van der Waals surface area contributed by atoms with Gasteiger partial charge < -0.3 is 9.84 Å². The molecule has 108 valence electrons. The number of ether oxygens (including phenoxy) is 1. The molecule has 0 bridgehead atoms. The summed E-state index contributed by atoms with van der Waals surface area (Å²) in [4.78, 5) is 22.5. The van der Waals surface area contributed by atoms with Crippen LogP contribution in [0.2, 0.25) is 0 Å². The molecule has 0 saturated carbocycles. The summed E-state index contributed by atoms with van der Waals surface area (Å²) in [5.74, 6) is -0.449. The van der Waals surface area contributed by atoms with Crippen LogP contribution in [-0.4, -0.2) is 23.1 Å². The summed E-state index contributed by atoms with van der Waals surface area (Å²) in [6, 6.07) is 10.7. The van der Waals surface area contributed by atoms with Crippen molar-refractivity contribution in [3.63, 3.8) is 0 Å². The Morgan fingerprint density at radius 1 is 1.24 bits per heavy atom. The van der Waals surface area contributed by atoms with E-state index < -0.39 is 10.9 Å². The number of benzene rings is 2. The second-order valence-corrected chi connectivity index (χ2v) is 5.14. The van der Waals surface area contributed by atoms with Gasteiger partial charge >= 0.3 is 5.97 Å². The Hall–Kier alpha value is -2.54. The lowest BCUT2D eigenvalue weighted by Gasteiger charge is -2.05. The van der Waals surface area contributed by atoms with E-state index in [-0.39, 0.29) is 16.1 Å². The predicted molar refractivity (Wildman–Crippen MR) is 77.2 cm³/mol. The van der Waals surface area contributed by atoms with E-state index in [9.17, 15) is 14.9 Å². The number of hydrogen-bond donors (Lipinski definition) is 1. The zero-order valence-electron chi connectivity index (χ0n) is 11.0. The predicted octanol–water partition coefficient (Wildman–Crippen LogP) is 3.45. The third-order valence-electron chi connectivity index (χ3n) is 2.69. The molecule has 0 aliphatic rings. The summed E-state index contributed by atoms with van der Waals surface area (Å²) in [5.41, 5.74) is -0.113. The van der Waals surface area contributed by atoms with Crippen LogP contribution in [0.3, 0.4) is 0 Å². The van der Waals surface area contributed by atoms with Crippen LogP contribution in [0.15, 0.2) is 52.3 Å². The SMILES string of the molecule is COc1ccc(Sc2cc(C(=O)O)ccc2[N+](=O)[O-])cc1. The number of nitrogens with zero attached hydrogens (tertiary/aromatic N) is 1. The van der Waals surface area contributed by atoms with Crippen LogP contribution >= 0.6 is 11.8 Å². The summed E-state index contributed by atoms with van der Waals surface area (Å²) >= 11 is 1.13. The quantitative estimate of drug-likeness (QED) is 0.672. The van der Waals surface area contributed by atoms with Crippen LogP contribution in [0.5, 0.6) is 5.75 Å². The molecule has 2 aromatic carbocycles. The molecule has 6 nitrogen and oxygen atoms in total. The average molecular weight is 305 g/mol. The van der Waals surface area contributed by atoms with Gasteiger partial charge in [-0.15, -0.1) is 0 Å². The van der Waals surface area contributed by atoms with Crippen molar-refractivity contribution in [2.45, 2.75) is 9.79 Å². The fraction of sp³-hybridized carbons (Fsp3) is 0.0714. The monoisotopic (exact) mass is 305 g/mol. The van der Waals surface area contributed by atoms with E-state index in [1.54, 1.807) is 31.4 Å². The third-order valence-corrected chi connectivity index (χ3v) is 3.75. The van der Waals surface area contributed by atoms with Gasteiger partial charge in [0.15, 0.2) is 0 Å². The number of carbonyl (C=O) groups is 1. The lowest BCUT2D eigenvalue weighted by atomic mass is 10.2. The van der Waals surface area contributed by atoms with E-state index in [4.69, 9.17) is 9.84 Å². The normalized spacial score (nSPS) is 10.1. The van der Waals surface area contributed by atoms with Crippen LogP contribution in [0.1, 0.15) is 10.4 Å². The molecule has 0 aliphatic carbocycles. The molecule has 0 amide bonds. The number of aromatic carboxylic acids is 1. The topological polar surface area (TPSA) is 89.7 Å². The van der Waals surface area contributed by atoms with E-state index in [0.29, 0.717) is 5.75 Å². The van der Waals surface area contributed by atoms with Gasteiger partial charge in [0.25, 0.3) is 5.69 Å². The maximum absolute atomic E-state index is 11.0. The Balaban J connectivity index is 2.37. The first-order chi connectivity index (χ1) is 10.0. The molecular weight excluding hydrogens is 294 g/mol. The van der Waals surface area contributed by atoms with Gasteiger partial charge in [-0.25, -0.2) is 4.79 Å². The zero-order chi connectivity index (χ0) is 15.4. The van der Waals surface area contributed by atoms with E-state index in [2.05, 4.69) is 0 Å². The Morgan fingerprint density at radius 2 is 1.90 bits per heavy atom. The van der Waals surface area contributed by atoms with Crippen LogP contribution < -0.4 is 4.74 Å². The van der Waals surface area contributed by atoms with Crippen molar-refractivity contribution >= 4 is 23.4 Å². The summed E-state index contributed by atoms with van der Waals surface area (Å²) in [7, 11) is 1.54. The number of methoxy groups -OCH3 is 1. The van der Waals surface area contributed by atoms with Crippen LogP contribution in [0.25, 0.3) is 0 Å². The highest BCUT2D eigenvalue weighted by Gasteiger charge is 2.17. The molecule has 0 heterocycles. The van der Waals surface area contributed by atoms with Crippen LogP contribution in [0, 0.1) is 10.1 Å². The molecule has 0 spiro atoms. The molecule has 2 rings (SSSR count). The van der Waals surface area contributed by atoms with Crippen LogP contribution in [0.4, 0.5) is 5.69 Å². The largest absolute Gasteiger partial charge is 0.497 e. The van der Waals surface area contributed by atoms with Gasteiger partial charge in [-0.2, -0.15) is 0 Å². The molecule has 0 radical (unpaired) electrons. The van der Waals surface area contributed by atoms with E-state index in [1.807, 2.05) is 0 Å². The van der Waals surface area contributed by atoms with Crippen molar-refractivity contribution in [2.24, 2.45) is 0 Å². The lowest BCUT2D eigenvalue weighted by molar-refractivity contribution is -0.387. The molecule has 0 fully saturated rings. The minimum atomic E-state index is -1.12. The Labute approximate surface area is 124 Å². The van der Waals surface area contributed by atoms with Crippen LogP contribution in [-0.2, 0) is 0 Å². The third kappa shape index (κ3) is 3.51. The number of nitro benzene ring substituents is 1. The molecule has 0 aliphatic heterocycles. The van der Waals surface area contributed by atoms with Crippen molar-refractivity contribution in [3.05, 3.63) is 58.1 Å². The standard InChI is InChI=1S/C14H11NO5S/c1-20-10-3-5-11(6-4-10)21-13-8-9(14(16)17)2-7-12(13)15(18)19/h2-8H,1H3,(H,16,17). The molecule has 1 N–H and O–H groups in total. The molecular formula is C14H11NO5S. The lowest BCUT2D eigenvalue weighted by Crippen LogP contribution is -1.98. The number of hydrogen-bond acceptors (Lipinski definition) is 5. The maximum Gasteiger partial charge on any atom is 0.335 e. The van der Waals surface area contributed by atoms with Crippen molar-refractivity contribution in [1.82, 2.24) is 0 Å². The van der Waals surface area contributed by atoms with Gasteiger partial charge in [0.1, 0.15) is 5.75 Å². The summed E-state index contributed by atoms with van der Waals surface area (Å²) in [6.07, 6.45) is 0. The Kier molecular flexibility index (Phi) is 4.44. The molecule has 0 atom stereocenters. The second kappa shape index (κ2) is 6.27. The highest BCUT2D eigenvalue weighted by Crippen LogP contribution is 2.36. The molecule has 0 unspecified atom stereocenters. The molecule has 0 aromatic heterocycles. The second-order valence-electron chi connectivity index (χ2n) is 4.02. The van der Waals surface area contributed by atoms with Gasteiger partial charge in [0.2, 0.25) is 0 Å². The minimum absolute atomic E-state index is 0.0108. The first-order valence-corrected chi connectivity index (χ1v) is 6.66. The molecule has 21 heavy (non-hydrogen) atoms. The van der Waals surface area contributed by atoms with E-state index in [1.165, 1.54) is 18.2 Å². The fourth-order valence-electron chi connectivity index (χ4n) is 1.65. The summed E-state index contributed by atoms with van der Waals surface area (Å²) in [6.45, 7) is 0. The van der Waals surface area contributed by atoms with Crippen molar-refractivity contribution < 1.29 is 19.6 Å². The van der Waals surface area contributed by atoms with Gasteiger partial charge in [-0.05, 0) is 36.4 Å². The zero-order valence-corrected chi connectivity index (χ0v) is 11.8. The van der Waals surface area contributed by atoms with Gasteiger partial charge in [-0.3, -0.25) is 10.1 Å². The molecule has 7 heteroatoms. The van der Waals surface area contributed by atoms with Gasteiger partial charge in [-0.1, -0.05) is 11.8 Å². The number of nitro groups is 1. The Morgan fingerprint density at radius 3 is 2.43 bits per heavy atom. The van der Waals surface area contributed by atoms with Crippen molar-refractivity contribution in [1.29, 1.82) is 0 Å². The number of carboxylic acid groups (broad SMARTS) is 1. The highest BCUT2D eigenvalue weighted by atomic mass is 32.2. The first kappa shape index (κ1) is 14.9. The van der Waals surface area contributed by atoms with Gasteiger partial charge in [0, 0.05) is 11.0 Å². The first-order valence-electron chi connectivity index (χ1n) is 5.85. The maximum atomic E-state index is 11.0. The van der Waals surface area contributed by atoms with E-state index in [0.717, 1.165) is 16.7 Å². The highest BCUT2D eigenvalue weighted by molar-refractivity contribution is 7.99. The van der Waals surface area contributed by atoms with Gasteiger partial charge in [0.05, 0.1) is 22.5 Å². The molecule has 2 aromatic rings. The minimum Gasteiger partial charge on any atom is -0.497 e. The number of carboxylic acids is 1. The Bertz CT molecular complexity index is 684. The summed E-state index contributed by atoms with van der Waals surface area (Å²) < 4.78 is 5.04. The summed E-state index contributed by atoms with van der Waals surface area (Å²) in [5, 5.41) is 20.0. The molecule has 0 saturated heterocycles. The smallest absolute Gasteiger partial charge is 0.335 e. The fourth-order valence-corrected chi connectivity index (χ4v) is 2.61. The van der Waals surface area contributed by atoms with Crippen molar-refractivity contribution in [2.75, 3.05) is 7.11 Å². The average Bonchev–Trinajstić information content (AvgIpc) is 2.47. The van der Waals surface area contributed by atoms with Crippen molar-refractivity contribution in [3.8, 4) is 5.75 Å². The van der Waals surface area contributed by atoms with E-state index >= 15 is 0 Å².